The van der Waals surface area contributed by atoms with Gasteiger partial charge in [0.15, 0.2) is 0 Å². The van der Waals surface area contributed by atoms with E-state index < -0.39 is 0 Å². The fourth-order valence-electron chi connectivity index (χ4n) is 3.42. The van der Waals surface area contributed by atoms with Crippen LogP contribution in [-0.4, -0.2) is 17.4 Å². The molecule has 3 aromatic rings. The van der Waals surface area contributed by atoms with Crippen LogP contribution in [0.1, 0.15) is 43.7 Å². The summed E-state index contributed by atoms with van der Waals surface area (Å²) in [5, 5.41) is 4.88. The first-order valence-corrected chi connectivity index (χ1v) is 9.98. The van der Waals surface area contributed by atoms with Crippen LogP contribution in [0.5, 0.6) is 0 Å². The van der Waals surface area contributed by atoms with Crippen molar-refractivity contribution >= 4 is 28.4 Å². The number of nitrogens with one attached hydrogen (secondary N) is 2. The van der Waals surface area contributed by atoms with E-state index >= 15 is 0 Å². The zero-order chi connectivity index (χ0) is 19.2. The molecule has 1 heterocycles. The number of hydrogen-bond donors (Lipinski definition) is 2. The van der Waals surface area contributed by atoms with E-state index in [1.807, 2.05) is 30.5 Å². The number of carbonyl (C=O) groups is 1. The van der Waals surface area contributed by atoms with Crippen molar-refractivity contribution in [3.63, 3.8) is 0 Å². The Hall–Kier alpha value is -2.26. The molecule has 1 amide bonds. The average Bonchev–Trinajstić information content (AvgIpc) is 3.07. The van der Waals surface area contributed by atoms with Gasteiger partial charge in [-0.2, -0.15) is 0 Å². The van der Waals surface area contributed by atoms with Gasteiger partial charge < -0.3 is 10.3 Å². The summed E-state index contributed by atoms with van der Waals surface area (Å²) in [7, 11) is 0. The van der Waals surface area contributed by atoms with Crippen LogP contribution in [0.3, 0.4) is 0 Å². The van der Waals surface area contributed by atoms with Crippen molar-refractivity contribution in [1.29, 1.82) is 0 Å². The van der Waals surface area contributed by atoms with Crippen LogP contribution >= 0.6 is 11.6 Å². The number of amides is 1. The van der Waals surface area contributed by atoms with E-state index in [1.54, 1.807) is 0 Å². The van der Waals surface area contributed by atoms with Gasteiger partial charge in [0.05, 0.1) is 0 Å². The SMILES string of the molecule is CC(C)CNC(=O)C[C@@H](CCc1ccccc1)c1c[nH]c2ccc(Cl)cc12. The number of fused-ring (bicyclic) bond motifs is 1. The number of H-pyrrole nitrogens is 1. The van der Waals surface area contributed by atoms with Gasteiger partial charge in [-0.05, 0) is 54.0 Å². The predicted molar refractivity (Wildman–Crippen MR) is 113 cm³/mol. The Bertz CT molecular complexity index is 886. The molecule has 1 aromatic heterocycles. The van der Waals surface area contributed by atoms with Gasteiger partial charge >= 0.3 is 0 Å². The summed E-state index contributed by atoms with van der Waals surface area (Å²) in [6.45, 7) is 4.92. The van der Waals surface area contributed by atoms with E-state index in [9.17, 15) is 4.79 Å². The molecule has 0 aliphatic heterocycles. The smallest absolute Gasteiger partial charge is 0.220 e. The van der Waals surface area contributed by atoms with Crippen molar-refractivity contribution in [2.45, 2.75) is 39.0 Å². The van der Waals surface area contributed by atoms with E-state index in [2.05, 4.69) is 48.4 Å². The van der Waals surface area contributed by atoms with Gasteiger partial charge in [0.2, 0.25) is 5.91 Å². The lowest BCUT2D eigenvalue weighted by atomic mass is 9.89. The lowest BCUT2D eigenvalue weighted by Gasteiger charge is -2.17. The van der Waals surface area contributed by atoms with Crippen LogP contribution in [0.15, 0.2) is 54.7 Å². The number of hydrogen-bond acceptors (Lipinski definition) is 1. The maximum absolute atomic E-state index is 12.5. The van der Waals surface area contributed by atoms with Crippen LogP contribution in [0.4, 0.5) is 0 Å². The molecular formula is C23H27ClN2O. The monoisotopic (exact) mass is 382 g/mol. The minimum absolute atomic E-state index is 0.109. The number of aryl methyl sites for hydroxylation is 1. The van der Waals surface area contributed by atoms with Crippen LogP contribution in [0.2, 0.25) is 5.02 Å². The normalized spacial score (nSPS) is 12.4. The zero-order valence-corrected chi connectivity index (χ0v) is 16.7. The molecule has 0 unspecified atom stereocenters. The van der Waals surface area contributed by atoms with Crippen LogP contribution in [0.25, 0.3) is 10.9 Å². The van der Waals surface area contributed by atoms with E-state index in [1.165, 1.54) is 11.1 Å². The minimum atomic E-state index is 0.109. The molecule has 2 aromatic carbocycles. The second-order valence-corrected chi connectivity index (χ2v) is 7.99. The maximum Gasteiger partial charge on any atom is 0.220 e. The molecule has 3 rings (SSSR count). The summed E-state index contributed by atoms with van der Waals surface area (Å²) in [6, 6.07) is 16.3. The molecule has 0 saturated carbocycles. The highest BCUT2D eigenvalue weighted by molar-refractivity contribution is 6.31. The molecule has 0 saturated heterocycles. The van der Waals surface area contributed by atoms with Gasteiger partial charge in [-0.15, -0.1) is 0 Å². The third kappa shape index (κ3) is 5.36. The highest BCUT2D eigenvalue weighted by Crippen LogP contribution is 2.33. The summed E-state index contributed by atoms with van der Waals surface area (Å²) < 4.78 is 0. The number of benzene rings is 2. The molecule has 0 spiro atoms. The van der Waals surface area contributed by atoms with Crippen molar-refractivity contribution in [1.82, 2.24) is 10.3 Å². The Morgan fingerprint density at radius 3 is 2.67 bits per heavy atom. The van der Waals surface area contributed by atoms with Crippen molar-refractivity contribution < 1.29 is 4.79 Å². The van der Waals surface area contributed by atoms with Gasteiger partial charge in [-0.25, -0.2) is 0 Å². The van der Waals surface area contributed by atoms with Crippen molar-refractivity contribution in [2.75, 3.05) is 6.54 Å². The summed E-state index contributed by atoms with van der Waals surface area (Å²) >= 11 is 6.22. The molecule has 1 atom stereocenters. The van der Waals surface area contributed by atoms with Gasteiger partial charge in [0, 0.05) is 35.1 Å². The Labute approximate surface area is 166 Å². The molecule has 0 radical (unpaired) electrons. The number of aromatic amines is 1. The first kappa shape index (κ1) is 19.5. The number of halogens is 1. The first-order chi connectivity index (χ1) is 13.0. The van der Waals surface area contributed by atoms with E-state index in [-0.39, 0.29) is 11.8 Å². The molecule has 0 fully saturated rings. The molecular weight excluding hydrogens is 356 g/mol. The topological polar surface area (TPSA) is 44.9 Å². The number of aromatic nitrogens is 1. The third-order valence-corrected chi connectivity index (χ3v) is 5.11. The Morgan fingerprint density at radius 1 is 1.15 bits per heavy atom. The fourth-order valence-corrected chi connectivity index (χ4v) is 3.59. The van der Waals surface area contributed by atoms with Gasteiger partial charge in [-0.1, -0.05) is 55.8 Å². The first-order valence-electron chi connectivity index (χ1n) is 9.60. The second kappa shape index (κ2) is 9.09. The molecule has 4 heteroatoms. The highest BCUT2D eigenvalue weighted by atomic mass is 35.5. The number of carbonyl (C=O) groups excluding carboxylic acids is 1. The van der Waals surface area contributed by atoms with E-state index in [0.29, 0.717) is 18.9 Å². The molecule has 27 heavy (non-hydrogen) atoms. The van der Waals surface area contributed by atoms with E-state index in [0.717, 1.165) is 28.8 Å². The average molecular weight is 383 g/mol. The maximum atomic E-state index is 12.5. The van der Waals surface area contributed by atoms with Crippen LogP contribution in [-0.2, 0) is 11.2 Å². The van der Waals surface area contributed by atoms with Gasteiger partial charge in [-0.3, -0.25) is 4.79 Å². The summed E-state index contributed by atoms with van der Waals surface area (Å²) in [5.74, 6) is 0.700. The number of rotatable bonds is 8. The fraction of sp³-hybridized carbons (Fsp3) is 0.348. The Kier molecular flexibility index (Phi) is 6.57. The lowest BCUT2D eigenvalue weighted by molar-refractivity contribution is -0.121. The van der Waals surface area contributed by atoms with E-state index in [4.69, 9.17) is 11.6 Å². The van der Waals surface area contributed by atoms with Crippen LogP contribution in [0, 0.1) is 5.92 Å². The Balaban J connectivity index is 1.81. The largest absolute Gasteiger partial charge is 0.361 e. The van der Waals surface area contributed by atoms with Crippen molar-refractivity contribution in [3.8, 4) is 0 Å². The quantitative estimate of drug-likeness (QED) is 0.515. The third-order valence-electron chi connectivity index (χ3n) is 4.88. The van der Waals surface area contributed by atoms with Crippen molar-refractivity contribution in [2.24, 2.45) is 5.92 Å². The molecule has 2 N–H and O–H groups in total. The van der Waals surface area contributed by atoms with Crippen LogP contribution < -0.4 is 5.32 Å². The predicted octanol–water partition coefficient (Wildman–Crippen LogP) is 5.70. The lowest BCUT2D eigenvalue weighted by Crippen LogP contribution is -2.28. The van der Waals surface area contributed by atoms with Crippen molar-refractivity contribution in [3.05, 3.63) is 70.9 Å². The van der Waals surface area contributed by atoms with Gasteiger partial charge in [0.1, 0.15) is 0 Å². The summed E-state index contributed by atoms with van der Waals surface area (Å²) in [6.07, 6.45) is 4.38. The second-order valence-electron chi connectivity index (χ2n) is 7.56. The highest BCUT2D eigenvalue weighted by Gasteiger charge is 2.20. The zero-order valence-electron chi connectivity index (χ0n) is 16.0. The summed E-state index contributed by atoms with van der Waals surface area (Å²) in [4.78, 5) is 15.8. The molecule has 142 valence electrons. The Morgan fingerprint density at radius 2 is 1.93 bits per heavy atom. The standard InChI is InChI=1S/C23H27ClN2O/c1-16(2)14-26-23(27)12-18(9-8-17-6-4-3-5-7-17)21-15-25-22-11-10-19(24)13-20(21)22/h3-7,10-11,13,15-16,18,25H,8-9,12,14H2,1-2H3,(H,26,27)/t18-/m1/s1. The molecule has 0 aliphatic carbocycles. The molecule has 0 aliphatic rings. The molecule has 3 nitrogen and oxygen atoms in total. The molecule has 0 bridgehead atoms. The van der Waals surface area contributed by atoms with Gasteiger partial charge in [0.25, 0.3) is 0 Å². The summed E-state index contributed by atoms with van der Waals surface area (Å²) in [5.41, 5.74) is 3.52. The minimum Gasteiger partial charge on any atom is -0.361 e.